The van der Waals surface area contributed by atoms with E-state index in [1.54, 1.807) is 25.6 Å². The summed E-state index contributed by atoms with van der Waals surface area (Å²) in [6, 6.07) is 16.1. The van der Waals surface area contributed by atoms with Gasteiger partial charge in [0.05, 0.1) is 30.6 Å². The molecule has 0 unspecified atom stereocenters. The normalized spacial score (nSPS) is 11.1. The van der Waals surface area contributed by atoms with Gasteiger partial charge in [0.15, 0.2) is 5.13 Å². The van der Waals surface area contributed by atoms with Gasteiger partial charge in [-0.25, -0.2) is 4.98 Å². The van der Waals surface area contributed by atoms with Gasteiger partial charge in [-0.2, -0.15) is 0 Å². The van der Waals surface area contributed by atoms with Crippen molar-refractivity contribution in [3.05, 3.63) is 62.9 Å². The van der Waals surface area contributed by atoms with Crippen molar-refractivity contribution in [1.29, 1.82) is 0 Å². The highest BCUT2D eigenvalue weighted by Gasteiger charge is 2.22. The number of methoxy groups -OCH3 is 2. The fourth-order valence-corrected chi connectivity index (χ4v) is 5.39. The summed E-state index contributed by atoms with van der Waals surface area (Å²) in [5.74, 6) is 1.55. The first-order valence-electron chi connectivity index (χ1n) is 10.3. The molecule has 0 saturated heterocycles. The second kappa shape index (κ2) is 9.69. The van der Waals surface area contributed by atoms with Crippen LogP contribution in [0, 0.1) is 6.92 Å². The quantitative estimate of drug-likeness (QED) is 0.240. The summed E-state index contributed by atoms with van der Waals surface area (Å²) in [7, 11) is 3.35. The predicted molar refractivity (Wildman–Crippen MR) is 139 cm³/mol. The lowest BCUT2D eigenvalue weighted by Gasteiger charge is -2.25. The molecule has 32 heavy (non-hydrogen) atoms. The van der Waals surface area contributed by atoms with Gasteiger partial charge < -0.3 is 14.4 Å². The van der Waals surface area contributed by atoms with Gasteiger partial charge in [0.2, 0.25) is 0 Å². The van der Waals surface area contributed by atoms with Gasteiger partial charge in [-0.15, -0.1) is 11.3 Å². The van der Waals surface area contributed by atoms with Crippen LogP contribution in [-0.2, 0) is 0 Å². The number of aryl methyl sites for hydroxylation is 1. The minimum atomic E-state index is 0.624. The average Bonchev–Trinajstić information content (AvgIpc) is 3.17. The molecule has 0 aliphatic heterocycles. The Kier molecular flexibility index (Phi) is 6.93. The first-order chi connectivity index (χ1) is 15.5. The molecule has 1 heterocycles. The van der Waals surface area contributed by atoms with Crippen LogP contribution in [0.5, 0.6) is 11.5 Å². The molecule has 0 saturated carbocycles. The number of ether oxygens (including phenoxy) is 2. The monoisotopic (exact) mass is 530 g/mol. The van der Waals surface area contributed by atoms with E-state index in [1.807, 2.05) is 24.3 Å². The van der Waals surface area contributed by atoms with Gasteiger partial charge in [0.1, 0.15) is 11.5 Å². The average molecular weight is 532 g/mol. The van der Waals surface area contributed by atoms with E-state index in [4.69, 9.17) is 26.1 Å². The van der Waals surface area contributed by atoms with E-state index < -0.39 is 0 Å². The third-order valence-corrected chi connectivity index (χ3v) is 7.10. The van der Waals surface area contributed by atoms with Crippen LogP contribution in [0.15, 0.2) is 53.0 Å². The maximum Gasteiger partial charge on any atom is 0.190 e. The minimum absolute atomic E-state index is 0.624. The van der Waals surface area contributed by atoms with Crippen molar-refractivity contribution in [1.82, 2.24) is 4.98 Å². The van der Waals surface area contributed by atoms with Crippen molar-refractivity contribution in [2.45, 2.75) is 20.3 Å². The molecule has 0 fully saturated rings. The smallest absolute Gasteiger partial charge is 0.190 e. The van der Waals surface area contributed by atoms with Crippen LogP contribution in [0.4, 0.5) is 10.8 Å². The number of hydrogen-bond acceptors (Lipinski definition) is 5. The Labute approximate surface area is 205 Å². The zero-order valence-corrected chi connectivity index (χ0v) is 21.6. The van der Waals surface area contributed by atoms with E-state index in [-0.39, 0.29) is 0 Å². The third kappa shape index (κ3) is 4.32. The molecule has 3 aromatic carbocycles. The Morgan fingerprint density at radius 3 is 2.56 bits per heavy atom. The zero-order chi connectivity index (χ0) is 22.8. The Bertz CT molecular complexity index is 1270. The fraction of sp³-hybridized carbons (Fsp3) is 0.240. The van der Waals surface area contributed by atoms with Crippen molar-refractivity contribution in [2.24, 2.45) is 0 Å². The molecule has 4 nitrogen and oxygen atoms in total. The Morgan fingerprint density at radius 1 is 1.06 bits per heavy atom. The Morgan fingerprint density at radius 2 is 1.88 bits per heavy atom. The van der Waals surface area contributed by atoms with Crippen LogP contribution in [0.3, 0.4) is 0 Å². The van der Waals surface area contributed by atoms with Gasteiger partial charge in [-0.1, -0.05) is 46.6 Å². The van der Waals surface area contributed by atoms with E-state index in [2.05, 4.69) is 58.9 Å². The van der Waals surface area contributed by atoms with Gasteiger partial charge in [0.25, 0.3) is 0 Å². The fourth-order valence-electron chi connectivity index (χ4n) is 3.80. The number of anilines is 2. The molecule has 0 amide bonds. The Balaban J connectivity index is 1.88. The number of benzene rings is 3. The van der Waals surface area contributed by atoms with E-state index >= 15 is 0 Å². The minimum Gasteiger partial charge on any atom is -0.497 e. The first-order valence-corrected chi connectivity index (χ1v) is 12.3. The number of aromatic nitrogens is 1. The zero-order valence-electron chi connectivity index (χ0n) is 18.4. The van der Waals surface area contributed by atoms with Crippen molar-refractivity contribution in [3.8, 4) is 22.8 Å². The molecule has 0 aliphatic carbocycles. The number of hydrogen-bond donors (Lipinski definition) is 0. The van der Waals surface area contributed by atoms with Gasteiger partial charge >= 0.3 is 0 Å². The molecule has 0 spiro atoms. The molecule has 0 aliphatic rings. The second-order valence-corrected chi connectivity index (χ2v) is 9.89. The SMILES string of the molecule is CCCN(c1nc(-c2ccc(OC)cc2Cl)c(C)s1)c1c(OC)ccc2cc(Br)ccc12. The van der Waals surface area contributed by atoms with Crippen LogP contribution >= 0.6 is 38.9 Å². The predicted octanol–water partition coefficient (Wildman–Crippen LogP) is 8.25. The standard InChI is InChI=1S/C25H24BrClN2O2S/c1-5-12-29(24-19-9-7-17(26)13-16(19)6-11-22(24)31-4)25-28-23(15(2)32-25)20-10-8-18(30-3)14-21(20)27/h6-11,13-14H,5,12H2,1-4H3. The second-order valence-electron chi connectivity index (χ2n) is 7.38. The van der Waals surface area contributed by atoms with Gasteiger partial charge in [0, 0.05) is 26.8 Å². The molecule has 0 N–H and O–H groups in total. The highest BCUT2D eigenvalue weighted by molar-refractivity contribution is 9.10. The van der Waals surface area contributed by atoms with Crippen molar-refractivity contribution < 1.29 is 9.47 Å². The number of thiazole rings is 1. The number of fused-ring (bicyclic) bond motifs is 1. The summed E-state index contributed by atoms with van der Waals surface area (Å²) in [4.78, 5) is 8.41. The van der Waals surface area contributed by atoms with Gasteiger partial charge in [-0.3, -0.25) is 0 Å². The maximum atomic E-state index is 6.57. The van der Waals surface area contributed by atoms with Crippen LogP contribution in [0.1, 0.15) is 18.2 Å². The summed E-state index contributed by atoms with van der Waals surface area (Å²) in [5, 5.41) is 3.81. The van der Waals surface area contributed by atoms with E-state index in [1.165, 1.54) is 0 Å². The molecule has 0 atom stereocenters. The molecule has 7 heteroatoms. The summed E-state index contributed by atoms with van der Waals surface area (Å²) >= 11 is 11.8. The molecule has 166 valence electrons. The number of halogens is 2. The highest BCUT2D eigenvalue weighted by Crippen LogP contribution is 2.44. The highest BCUT2D eigenvalue weighted by atomic mass is 79.9. The lowest BCUT2D eigenvalue weighted by atomic mass is 10.1. The van der Waals surface area contributed by atoms with Crippen LogP contribution in [-0.4, -0.2) is 25.7 Å². The van der Waals surface area contributed by atoms with E-state index in [0.29, 0.717) is 5.02 Å². The van der Waals surface area contributed by atoms with E-state index in [0.717, 1.165) is 66.7 Å². The number of rotatable bonds is 7. The molecule has 1 aromatic heterocycles. The van der Waals surface area contributed by atoms with Crippen LogP contribution in [0.25, 0.3) is 22.0 Å². The molecular weight excluding hydrogens is 508 g/mol. The van der Waals surface area contributed by atoms with Crippen molar-refractivity contribution in [2.75, 3.05) is 25.7 Å². The van der Waals surface area contributed by atoms with Crippen LogP contribution in [0.2, 0.25) is 5.02 Å². The summed E-state index contributed by atoms with van der Waals surface area (Å²) < 4.78 is 12.1. The first kappa shape index (κ1) is 22.9. The van der Waals surface area contributed by atoms with Crippen molar-refractivity contribution >= 4 is 60.5 Å². The van der Waals surface area contributed by atoms with Gasteiger partial charge in [-0.05, 0) is 55.1 Å². The summed E-state index contributed by atoms with van der Waals surface area (Å²) in [6.45, 7) is 5.07. The van der Waals surface area contributed by atoms with Crippen LogP contribution < -0.4 is 14.4 Å². The summed E-state index contributed by atoms with van der Waals surface area (Å²) in [6.07, 6.45) is 0.966. The lowest BCUT2D eigenvalue weighted by molar-refractivity contribution is 0.415. The largest absolute Gasteiger partial charge is 0.497 e. The number of nitrogens with zero attached hydrogens (tertiary/aromatic N) is 2. The molecule has 4 aromatic rings. The lowest BCUT2D eigenvalue weighted by Crippen LogP contribution is -2.19. The summed E-state index contributed by atoms with van der Waals surface area (Å²) in [5.41, 5.74) is 2.82. The molecule has 4 rings (SSSR count). The maximum absolute atomic E-state index is 6.57. The molecule has 0 bridgehead atoms. The topological polar surface area (TPSA) is 34.6 Å². The third-order valence-electron chi connectivity index (χ3n) is 5.30. The van der Waals surface area contributed by atoms with Crippen molar-refractivity contribution in [3.63, 3.8) is 0 Å². The van der Waals surface area contributed by atoms with E-state index in [9.17, 15) is 0 Å². The molecular formula is C25H24BrClN2O2S. The molecule has 0 radical (unpaired) electrons. The Hall–Kier alpha value is -2.28.